The molecule has 6 heteroatoms. The molecule has 0 bridgehead atoms. The van der Waals surface area contributed by atoms with E-state index < -0.39 is 0 Å². The zero-order chi connectivity index (χ0) is 13.2. The van der Waals surface area contributed by atoms with Crippen LogP contribution in [0.15, 0.2) is 29.4 Å². The molecule has 3 N–H and O–H groups in total. The molecule has 1 aromatic carbocycles. The van der Waals surface area contributed by atoms with E-state index in [0.29, 0.717) is 13.0 Å². The van der Waals surface area contributed by atoms with Gasteiger partial charge in [0.05, 0.1) is 18.9 Å². The van der Waals surface area contributed by atoms with Crippen LogP contribution in [0.5, 0.6) is 5.75 Å². The summed E-state index contributed by atoms with van der Waals surface area (Å²) in [5.41, 5.74) is 8.58. The Morgan fingerprint density at radius 3 is 3.17 bits per heavy atom. The van der Waals surface area contributed by atoms with Crippen LogP contribution in [0.4, 0.5) is 0 Å². The molecule has 94 valence electrons. The molecule has 0 heterocycles. The first-order chi connectivity index (χ1) is 8.72. The van der Waals surface area contributed by atoms with E-state index in [1.165, 1.54) is 0 Å². The number of thiocarbonyl (C=S) groups is 1. The number of ether oxygens (including phenoxy) is 1. The summed E-state index contributed by atoms with van der Waals surface area (Å²) in [4.78, 5) is 0. The van der Waals surface area contributed by atoms with Crippen molar-refractivity contribution in [2.45, 2.75) is 12.8 Å². The molecule has 1 aromatic rings. The first-order valence-electron chi connectivity index (χ1n) is 5.40. The molecule has 0 aliphatic carbocycles. The summed E-state index contributed by atoms with van der Waals surface area (Å²) in [6, 6.07) is 9.51. The van der Waals surface area contributed by atoms with Crippen molar-refractivity contribution in [2.24, 2.45) is 10.8 Å². The number of hydrazone groups is 1. The lowest BCUT2D eigenvalue weighted by Gasteiger charge is -2.05. The van der Waals surface area contributed by atoms with Gasteiger partial charge in [-0.3, -0.25) is 5.43 Å². The van der Waals surface area contributed by atoms with Crippen molar-refractivity contribution in [3.05, 3.63) is 29.8 Å². The number of benzene rings is 1. The molecular formula is C12H14N4OS. The Hall–Kier alpha value is -2.13. The van der Waals surface area contributed by atoms with Gasteiger partial charge in [-0.05, 0) is 36.3 Å². The molecule has 0 radical (unpaired) electrons. The van der Waals surface area contributed by atoms with Crippen LogP contribution >= 0.6 is 12.2 Å². The molecule has 0 aromatic heterocycles. The van der Waals surface area contributed by atoms with Gasteiger partial charge in [0.2, 0.25) is 0 Å². The largest absolute Gasteiger partial charge is 0.494 e. The Kier molecular flexibility index (Phi) is 6.22. The van der Waals surface area contributed by atoms with Crippen LogP contribution < -0.4 is 15.9 Å². The highest BCUT2D eigenvalue weighted by Crippen LogP contribution is 2.12. The molecule has 0 aliphatic heterocycles. The first kappa shape index (κ1) is 13.9. The monoisotopic (exact) mass is 262 g/mol. The minimum atomic E-state index is 0.121. The minimum Gasteiger partial charge on any atom is -0.494 e. The predicted molar refractivity (Wildman–Crippen MR) is 74.3 cm³/mol. The van der Waals surface area contributed by atoms with Crippen molar-refractivity contribution in [1.29, 1.82) is 5.26 Å². The lowest BCUT2D eigenvalue weighted by Crippen LogP contribution is -2.23. The van der Waals surface area contributed by atoms with Crippen LogP contribution in [0.2, 0.25) is 0 Å². The van der Waals surface area contributed by atoms with E-state index in [9.17, 15) is 0 Å². The maximum absolute atomic E-state index is 8.40. The Morgan fingerprint density at radius 1 is 1.61 bits per heavy atom. The molecule has 5 nitrogen and oxygen atoms in total. The first-order valence-corrected chi connectivity index (χ1v) is 5.81. The summed E-state index contributed by atoms with van der Waals surface area (Å²) in [5, 5.41) is 12.4. The molecule has 0 saturated heterocycles. The van der Waals surface area contributed by atoms with E-state index in [0.717, 1.165) is 17.7 Å². The second-order valence-corrected chi connectivity index (χ2v) is 3.86. The van der Waals surface area contributed by atoms with Gasteiger partial charge in [-0.25, -0.2) is 0 Å². The summed E-state index contributed by atoms with van der Waals surface area (Å²) in [7, 11) is 0. The van der Waals surface area contributed by atoms with Crippen molar-refractivity contribution in [2.75, 3.05) is 6.61 Å². The van der Waals surface area contributed by atoms with Crippen LogP contribution in [-0.4, -0.2) is 17.9 Å². The number of hydrogen-bond donors (Lipinski definition) is 2. The lowest BCUT2D eigenvalue weighted by atomic mass is 10.2. The number of nitriles is 1. The summed E-state index contributed by atoms with van der Waals surface area (Å²) in [5.74, 6) is 0.743. The normalized spacial score (nSPS) is 9.94. The van der Waals surface area contributed by atoms with Gasteiger partial charge in [0.25, 0.3) is 0 Å². The lowest BCUT2D eigenvalue weighted by molar-refractivity contribution is 0.312. The SMILES string of the molecule is N#CCCCOc1cccc(C=NNC(N)=S)c1. The fraction of sp³-hybridized carbons (Fsp3) is 0.250. The number of nitrogens with two attached hydrogens (primary N) is 1. The third-order valence-electron chi connectivity index (χ3n) is 1.95. The van der Waals surface area contributed by atoms with Crippen molar-refractivity contribution in [3.8, 4) is 11.8 Å². The number of rotatable bonds is 6. The topological polar surface area (TPSA) is 83.4 Å². The second kappa shape index (κ2) is 8.03. The number of unbranched alkanes of at least 4 members (excludes halogenated alkanes) is 1. The van der Waals surface area contributed by atoms with Gasteiger partial charge >= 0.3 is 0 Å². The van der Waals surface area contributed by atoms with Crippen LogP contribution in [0.3, 0.4) is 0 Å². The van der Waals surface area contributed by atoms with E-state index >= 15 is 0 Å². The smallest absolute Gasteiger partial charge is 0.184 e. The van der Waals surface area contributed by atoms with Crippen LogP contribution in [0, 0.1) is 11.3 Å². The fourth-order valence-electron chi connectivity index (χ4n) is 1.20. The fourth-order valence-corrected chi connectivity index (χ4v) is 1.25. The third kappa shape index (κ3) is 5.82. The molecule has 0 aliphatic rings. The highest BCUT2D eigenvalue weighted by atomic mass is 32.1. The van der Waals surface area contributed by atoms with Crippen molar-refractivity contribution < 1.29 is 4.74 Å². The Morgan fingerprint density at radius 2 is 2.44 bits per heavy atom. The van der Waals surface area contributed by atoms with Crippen LogP contribution in [-0.2, 0) is 0 Å². The molecule has 0 saturated carbocycles. The van der Waals surface area contributed by atoms with E-state index in [1.54, 1.807) is 6.21 Å². The molecule has 0 fully saturated rings. The van der Waals surface area contributed by atoms with Gasteiger partial charge in [0.1, 0.15) is 5.75 Å². The van der Waals surface area contributed by atoms with E-state index in [1.807, 2.05) is 24.3 Å². The average molecular weight is 262 g/mol. The van der Waals surface area contributed by atoms with Gasteiger partial charge < -0.3 is 10.5 Å². The molecule has 0 amide bonds. The standard InChI is InChI=1S/C12H14N4OS/c13-6-1-2-7-17-11-5-3-4-10(8-11)9-15-16-12(14)18/h3-5,8-9H,1-2,7H2,(H3,14,16,18). The highest BCUT2D eigenvalue weighted by molar-refractivity contribution is 7.80. The summed E-state index contributed by atoms with van der Waals surface area (Å²) in [6.07, 6.45) is 2.82. The van der Waals surface area contributed by atoms with Crippen LogP contribution in [0.25, 0.3) is 0 Å². The highest BCUT2D eigenvalue weighted by Gasteiger charge is 1.95. The van der Waals surface area contributed by atoms with Crippen LogP contribution in [0.1, 0.15) is 18.4 Å². The van der Waals surface area contributed by atoms with Gasteiger partial charge in [0.15, 0.2) is 5.11 Å². The van der Waals surface area contributed by atoms with E-state index in [-0.39, 0.29) is 5.11 Å². The molecule has 0 atom stereocenters. The van der Waals surface area contributed by atoms with Crippen molar-refractivity contribution >= 4 is 23.5 Å². The molecule has 0 spiro atoms. The van der Waals surface area contributed by atoms with Gasteiger partial charge in [-0.2, -0.15) is 10.4 Å². The molecular weight excluding hydrogens is 248 g/mol. The molecule has 1 rings (SSSR count). The maximum Gasteiger partial charge on any atom is 0.184 e. The second-order valence-electron chi connectivity index (χ2n) is 3.42. The van der Waals surface area contributed by atoms with Gasteiger partial charge in [-0.1, -0.05) is 12.1 Å². The Labute approximate surface area is 111 Å². The number of nitrogens with zero attached hydrogens (tertiary/aromatic N) is 2. The molecule has 18 heavy (non-hydrogen) atoms. The van der Waals surface area contributed by atoms with Crippen molar-refractivity contribution in [1.82, 2.24) is 5.43 Å². The Bertz CT molecular complexity index is 467. The Balaban J connectivity index is 2.49. The zero-order valence-corrected chi connectivity index (χ0v) is 10.6. The van der Waals surface area contributed by atoms with Crippen molar-refractivity contribution in [3.63, 3.8) is 0 Å². The molecule has 0 unspecified atom stereocenters. The average Bonchev–Trinajstić information content (AvgIpc) is 2.35. The van der Waals surface area contributed by atoms with Gasteiger partial charge in [-0.15, -0.1) is 0 Å². The van der Waals surface area contributed by atoms with Gasteiger partial charge in [0, 0.05) is 6.42 Å². The number of hydrogen-bond acceptors (Lipinski definition) is 4. The summed E-state index contributed by atoms with van der Waals surface area (Å²) >= 11 is 4.62. The summed E-state index contributed by atoms with van der Waals surface area (Å²) in [6.45, 7) is 0.527. The van der Waals surface area contributed by atoms with E-state index in [4.69, 9.17) is 15.7 Å². The number of nitrogens with one attached hydrogen (secondary N) is 1. The minimum absolute atomic E-state index is 0.121. The predicted octanol–water partition coefficient (Wildman–Crippen LogP) is 1.54. The summed E-state index contributed by atoms with van der Waals surface area (Å²) < 4.78 is 5.49. The van der Waals surface area contributed by atoms with E-state index in [2.05, 4.69) is 28.8 Å². The third-order valence-corrected chi connectivity index (χ3v) is 2.04. The maximum atomic E-state index is 8.40. The zero-order valence-electron chi connectivity index (χ0n) is 9.80. The quantitative estimate of drug-likeness (QED) is 0.351.